The molecule has 0 aromatic heterocycles. The summed E-state index contributed by atoms with van der Waals surface area (Å²) in [6.45, 7) is 3.12. The Morgan fingerprint density at radius 2 is 2.36 bits per heavy atom. The highest BCUT2D eigenvalue weighted by Crippen LogP contribution is 2.17. The van der Waals surface area contributed by atoms with E-state index in [0.29, 0.717) is 0 Å². The van der Waals surface area contributed by atoms with E-state index in [4.69, 9.17) is 0 Å². The molecule has 0 radical (unpaired) electrons. The van der Waals surface area contributed by atoms with E-state index in [0.717, 1.165) is 25.3 Å². The second kappa shape index (κ2) is 4.37. The van der Waals surface area contributed by atoms with Crippen molar-refractivity contribution in [1.29, 1.82) is 0 Å². The summed E-state index contributed by atoms with van der Waals surface area (Å²) in [6, 6.07) is 0. The molecule has 1 unspecified atom stereocenters. The fourth-order valence-electron chi connectivity index (χ4n) is 1.61. The second-order valence-electron chi connectivity index (χ2n) is 3.31. The number of hydrogen-bond donors (Lipinski definition) is 1. The number of carbonyl (C=O) groups is 1. The van der Waals surface area contributed by atoms with Gasteiger partial charge in [-0.2, -0.15) is 0 Å². The van der Waals surface area contributed by atoms with Crippen molar-refractivity contribution in [3.63, 3.8) is 0 Å². The topological polar surface area (TPSA) is 29.1 Å². The molecule has 1 amide bonds. The Bertz CT molecular complexity index is 122. The zero-order valence-electron chi connectivity index (χ0n) is 7.23. The lowest BCUT2D eigenvalue weighted by molar-refractivity contribution is -0.121. The molecule has 2 nitrogen and oxygen atoms in total. The predicted molar refractivity (Wildman–Crippen MR) is 45.3 cm³/mol. The smallest absolute Gasteiger partial charge is 0.219 e. The Hall–Kier alpha value is -0.530. The van der Waals surface area contributed by atoms with Gasteiger partial charge in [-0.15, -0.1) is 0 Å². The van der Waals surface area contributed by atoms with Crippen molar-refractivity contribution in [3.05, 3.63) is 0 Å². The average Bonchev–Trinajstić information content (AvgIpc) is 1.96. The Morgan fingerprint density at radius 3 is 3.09 bits per heavy atom. The molecule has 1 N–H and O–H groups in total. The van der Waals surface area contributed by atoms with Gasteiger partial charge in [0.1, 0.15) is 0 Å². The maximum atomic E-state index is 10.9. The van der Waals surface area contributed by atoms with Gasteiger partial charge in [0.25, 0.3) is 0 Å². The molecule has 1 aliphatic rings. The first-order chi connectivity index (χ1) is 5.33. The highest BCUT2D eigenvalue weighted by molar-refractivity contribution is 5.75. The predicted octanol–water partition coefficient (Wildman–Crippen LogP) is 1.70. The standard InChI is InChI=1S/C9H17NO/c1-2-8-4-3-5-9(11)10-7-6-8/h8H,2-7H2,1H3,(H,10,11). The molecule has 1 rings (SSSR count). The van der Waals surface area contributed by atoms with Crippen LogP contribution < -0.4 is 5.32 Å². The van der Waals surface area contributed by atoms with E-state index in [-0.39, 0.29) is 5.91 Å². The first kappa shape index (κ1) is 8.57. The van der Waals surface area contributed by atoms with Crippen molar-refractivity contribution >= 4 is 5.91 Å². The molecule has 2 heteroatoms. The molecule has 0 aromatic rings. The van der Waals surface area contributed by atoms with Crippen LogP contribution in [0.15, 0.2) is 0 Å². The summed E-state index contributed by atoms with van der Waals surface area (Å²) in [5, 5.41) is 2.91. The number of amides is 1. The number of carbonyl (C=O) groups excluding carboxylic acids is 1. The van der Waals surface area contributed by atoms with Gasteiger partial charge < -0.3 is 5.32 Å². The lowest BCUT2D eigenvalue weighted by Gasteiger charge is -2.17. The summed E-state index contributed by atoms with van der Waals surface area (Å²) in [5.41, 5.74) is 0. The van der Waals surface area contributed by atoms with Crippen LogP contribution in [-0.4, -0.2) is 12.5 Å². The maximum absolute atomic E-state index is 10.9. The van der Waals surface area contributed by atoms with E-state index in [1.165, 1.54) is 19.3 Å². The molecular formula is C9H17NO. The SMILES string of the molecule is CCC1CCCC(=O)NCC1. The zero-order chi connectivity index (χ0) is 8.10. The summed E-state index contributed by atoms with van der Waals surface area (Å²) < 4.78 is 0. The van der Waals surface area contributed by atoms with Crippen LogP contribution in [0.1, 0.15) is 39.0 Å². The third kappa shape index (κ3) is 2.91. The Kier molecular flexibility index (Phi) is 3.40. The molecule has 0 saturated carbocycles. The average molecular weight is 155 g/mol. The van der Waals surface area contributed by atoms with Crippen molar-refractivity contribution in [2.75, 3.05) is 6.54 Å². The van der Waals surface area contributed by atoms with Gasteiger partial charge in [-0.25, -0.2) is 0 Å². The minimum atomic E-state index is 0.236. The van der Waals surface area contributed by atoms with E-state index >= 15 is 0 Å². The van der Waals surface area contributed by atoms with Crippen LogP contribution in [0.2, 0.25) is 0 Å². The van der Waals surface area contributed by atoms with E-state index in [2.05, 4.69) is 12.2 Å². The molecule has 0 bridgehead atoms. The fourth-order valence-corrected chi connectivity index (χ4v) is 1.61. The molecule has 0 aromatic carbocycles. The summed E-state index contributed by atoms with van der Waals surface area (Å²) in [4.78, 5) is 10.9. The van der Waals surface area contributed by atoms with Gasteiger partial charge in [-0.3, -0.25) is 4.79 Å². The quantitative estimate of drug-likeness (QED) is 0.613. The lowest BCUT2D eigenvalue weighted by atomic mass is 9.94. The van der Waals surface area contributed by atoms with Gasteiger partial charge in [-0.05, 0) is 25.2 Å². The zero-order valence-corrected chi connectivity index (χ0v) is 7.23. The monoisotopic (exact) mass is 155 g/mol. The third-order valence-corrected chi connectivity index (χ3v) is 2.47. The van der Waals surface area contributed by atoms with Crippen molar-refractivity contribution in [2.24, 2.45) is 5.92 Å². The first-order valence-corrected chi connectivity index (χ1v) is 4.59. The number of rotatable bonds is 1. The van der Waals surface area contributed by atoms with Gasteiger partial charge in [0.15, 0.2) is 0 Å². The van der Waals surface area contributed by atoms with Crippen LogP contribution >= 0.6 is 0 Å². The molecule has 1 heterocycles. The van der Waals surface area contributed by atoms with Crippen molar-refractivity contribution < 1.29 is 4.79 Å². The van der Waals surface area contributed by atoms with Gasteiger partial charge in [0.2, 0.25) is 5.91 Å². The Balaban J connectivity index is 2.28. The van der Waals surface area contributed by atoms with Crippen LogP contribution in [0.25, 0.3) is 0 Å². The van der Waals surface area contributed by atoms with Crippen LogP contribution in [0, 0.1) is 5.92 Å². The minimum absolute atomic E-state index is 0.236. The second-order valence-corrected chi connectivity index (χ2v) is 3.31. The molecule has 1 aliphatic heterocycles. The fraction of sp³-hybridized carbons (Fsp3) is 0.889. The number of hydrogen-bond acceptors (Lipinski definition) is 1. The van der Waals surface area contributed by atoms with E-state index in [9.17, 15) is 4.79 Å². The molecule has 64 valence electrons. The summed E-state index contributed by atoms with van der Waals surface area (Å²) >= 11 is 0. The number of nitrogens with one attached hydrogen (secondary N) is 1. The van der Waals surface area contributed by atoms with Gasteiger partial charge in [0, 0.05) is 13.0 Å². The van der Waals surface area contributed by atoms with Gasteiger partial charge in [0.05, 0.1) is 0 Å². The van der Waals surface area contributed by atoms with Crippen LogP contribution in [0.3, 0.4) is 0 Å². The van der Waals surface area contributed by atoms with E-state index < -0.39 is 0 Å². The maximum Gasteiger partial charge on any atom is 0.219 e. The highest BCUT2D eigenvalue weighted by atomic mass is 16.1. The minimum Gasteiger partial charge on any atom is -0.356 e. The summed E-state index contributed by atoms with van der Waals surface area (Å²) in [6.07, 6.45) is 5.48. The summed E-state index contributed by atoms with van der Waals surface area (Å²) in [7, 11) is 0. The third-order valence-electron chi connectivity index (χ3n) is 2.47. The van der Waals surface area contributed by atoms with Crippen LogP contribution in [0.5, 0.6) is 0 Å². The lowest BCUT2D eigenvalue weighted by Crippen LogP contribution is -2.27. The van der Waals surface area contributed by atoms with Crippen LogP contribution in [-0.2, 0) is 4.79 Å². The first-order valence-electron chi connectivity index (χ1n) is 4.59. The van der Waals surface area contributed by atoms with Gasteiger partial charge in [-0.1, -0.05) is 13.3 Å². The highest BCUT2D eigenvalue weighted by Gasteiger charge is 2.11. The molecular weight excluding hydrogens is 138 g/mol. The Morgan fingerprint density at radius 1 is 1.55 bits per heavy atom. The molecule has 1 saturated heterocycles. The molecule has 1 atom stereocenters. The van der Waals surface area contributed by atoms with Crippen molar-refractivity contribution in [1.82, 2.24) is 5.32 Å². The van der Waals surface area contributed by atoms with E-state index in [1.807, 2.05) is 0 Å². The van der Waals surface area contributed by atoms with Crippen molar-refractivity contribution in [2.45, 2.75) is 39.0 Å². The normalized spacial score (nSPS) is 27.0. The largest absolute Gasteiger partial charge is 0.356 e. The molecule has 1 fully saturated rings. The molecule has 0 aliphatic carbocycles. The Labute approximate surface area is 68.4 Å². The summed E-state index contributed by atoms with van der Waals surface area (Å²) in [5.74, 6) is 1.08. The molecule has 0 spiro atoms. The van der Waals surface area contributed by atoms with Gasteiger partial charge >= 0.3 is 0 Å². The van der Waals surface area contributed by atoms with Crippen LogP contribution in [0.4, 0.5) is 0 Å². The molecule has 11 heavy (non-hydrogen) atoms. The van der Waals surface area contributed by atoms with Crippen molar-refractivity contribution in [3.8, 4) is 0 Å². The van der Waals surface area contributed by atoms with E-state index in [1.54, 1.807) is 0 Å².